The number of anilines is 1. The lowest BCUT2D eigenvalue weighted by molar-refractivity contribution is -0.137. The van der Waals surface area contributed by atoms with E-state index in [9.17, 15) is 14.4 Å². The molecule has 19 heavy (non-hydrogen) atoms. The number of carboxylic acid groups (broad SMARTS) is 1. The number of amides is 3. The number of imide groups is 1. The van der Waals surface area contributed by atoms with Crippen LogP contribution in [-0.2, 0) is 9.59 Å². The number of aliphatic carboxylic acids is 1. The summed E-state index contributed by atoms with van der Waals surface area (Å²) in [6.07, 6.45) is -0.102. The van der Waals surface area contributed by atoms with Crippen LogP contribution in [0.3, 0.4) is 0 Å². The number of hydrogen-bond donors (Lipinski definition) is 2. The quantitative estimate of drug-likeness (QED) is 0.822. The number of hydrogen-bond acceptors (Lipinski definition) is 3. The summed E-state index contributed by atoms with van der Waals surface area (Å²) >= 11 is 5.74. The van der Waals surface area contributed by atoms with E-state index in [1.54, 1.807) is 24.3 Å². The predicted octanol–water partition coefficient (Wildman–Crippen LogP) is 1.63. The molecule has 0 spiro atoms. The summed E-state index contributed by atoms with van der Waals surface area (Å²) in [5, 5.41) is 11.5. The molecule has 1 fully saturated rings. The van der Waals surface area contributed by atoms with E-state index in [0.717, 1.165) is 4.90 Å². The molecule has 1 heterocycles. The van der Waals surface area contributed by atoms with Gasteiger partial charge < -0.3 is 10.4 Å². The third-order valence-corrected chi connectivity index (χ3v) is 3.00. The van der Waals surface area contributed by atoms with Gasteiger partial charge in [-0.25, -0.2) is 9.69 Å². The highest BCUT2D eigenvalue weighted by molar-refractivity contribution is 6.30. The van der Waals surface area contributed by atoms with Crippen LogP contribution in [0.5, 0.6) is 0 Å². The van der Waals surface area contributed by atoms with E-state index >= 15 is 0 Å². The highest BCUT2D eigenvalue weighted by Crippen LogP contribution is 2.22. The van der Waals surface area contributed by atoms with Crippen molar-refractivity contribution >= 4 is 35.2 Å². The van der Waals surface area contributed by atoms with Crippen molar-refractivity contribution in [2.45, 2.75) is 18.9 Å². The van der Waals surface area contributed by atoms with Gasteiger partial charge in [0.05, 0.1) is 5.69 Å². The Kier molecular flexibility index (Phi) is 3.71. The molecule has 2 N–H and O–H groups in total. The summed E-state index contributed by atoms with van der Waals surface area (Å²) in [5.41, 5.74) is 0.407. The highest BCUT2D eigenvalue weighted by atomic mass is 35.5. The van der Waals surface area contributed by atoms with E-state index in [1.165, 1.54) is 0 Å². The Morgan fingerprint density at radius 2 is 1.95 bits per heavy atom. The maximum absolute atomic E-state index is 12.0. The average molecular weight is 283 g/mol. The normalized spacial score (nSPS) is 18.6. The fourth-order valence-corrected chi connectivity index (χ4v) is 1.96. The van der Waals surface area contributed by atoms with Crippen molar-refractivity contribution in [3.63, 3.8) is 0 Å². The van der Waals surface area contributed by atoms with Gasteiger partial charge in [0.2, 0.25) is 0 Å². The smallest absolute Gasteiger partial charge is 0.329 e. The zero-order valence-electron chi connectivity index (χ0n) is 9.80. The van der Waals surface area contributed by atoms with Gasteiger partial charge in [-0.3, -0.25) is 9.59 Å². The maximum atomic E-state index is 12.0. The molecule has 3 amide bonds. The summed E-state index contributed by atoms with van der Waals surface area (Å²) in [4.78, 5) is 35.2. The van der Waals surface area contributed by atoms with Gasteiger partial charge in [0.25, 0.3) is 5.91 Å². The predicted molar refractivity (Wildman–Crippen MR) is 68.1 cm³/mol. The van der Waals surface area contributed by atoms with Crippen molar-refractivity contribution in [3.05, 3.63) is 29.3 Å². The molecule has 7 heteroatoms. The van der Waals surface area contributed by atoms with Crippen LogP contribution in [0.15, 0.2) is 24.3 Å². The Hall–Kier alpha value is -2.08. The minimum atomic E-state index is -1.01. The fraction of sp³-hybridized carbons (Fsp3) is 0.250. The topological polar surface area (TPSA) is 86.7 Å². The summed E-state index contributed by atoms with van der Waals surface area (Å²) in [5.74, 6) is -1.46. The summed E-state index contributed by atoms with van der Waals surface area (Å²) in [7, 11) is 0. The van der Waals surface area contributed by atoms with Crippen LogP contribution in [-0.4, -0.2) is 29.1 Å². The van der Waals surface area contributed by atoms with Gasteiger partial charge in [-0.05, 0) is 30.7 Å². The number of nitrogens with one attached hydrogen (secondary N) is 1. The standard InChI is InChI=1S/C12H11ClN2O4/c13-7-1-3-8(4-2-7)15-11(18)9(14-12(15)19)5-6-10(16)17/h1-4,9H,5-6H2,(H,14,19)(H,16,17)/t9-/m0/s1. The number of nitrogens with zero attached hydrogens (tertiary/aromatic N) is 1. The molecule has 0 bridgehead atoms. The van der Waals surface area contributed by atoms with E-state index in [4.69, 9.17) is 16.7 Å². The average Bonchev–Trinajstić information content (AvgIpc) is 2.63. The van der Waals surface area contributed by atoms with Gasteiger partial charge in [0, 0.05) is 11.4 Å². The Morgan fingerprint density at radius 3 is 2.53 bits per heavy atom. The number of carboxylic acids is 1. The van der Waals surface area contributed by atoms with Crippen LogP contribution in [0.4, 0.5) is 10.5 Å². The van der Waals surface area contributed by atoms with Crippen molar-refractivity contribution in [2.24, 2.45) is 0 Å². The van der Waals surface area contributed by atoms with Crippen LogP contribution in [0.25, 0.3) is 0 Å². The minimum absolute atomic E-state index is 0.0734. The molecule has 1 atom stereocenters. The largest absolute Gasteiger partial charge is 0.481 e. The molecular weight excluding hydrogens is 272 g/mol. The van der Waals surface area contributed by atoms with Crippen LogP contribution >= 0.6 is 11.6 Å². The number of halogens is 1. The Labute approximate surface area is 114 Å². The van der Waals surface area contributed by atoms with Crippen molar-refractivity contribution < 1.29 is 19.5 Å². The lowest BCUT2D eigenvalue weighted by atomic mass is 10.1. The SMILES string of the molecule is O=C(O)CC[C@@H]1NC(=O)N(c2ccc(Cl)cc2)C1=O. The number of carbonyl (C=O) groups is 3. The molecule has 0 radical (unpaired) electrons. The Bertz CT molecular complexity index is 529. The van der Waals surface area contributed by atoms with Crippen molar-refractivity contribution in [1.82, 2.24) is 5.32 Å². The first-order valence-corrected chi connectivity index (χ1v) is 5.98. The molecule has 0 aromatic heterocycles. The molecule has 1 saturated heterocycles. The monoisotopic (exact) mass is 282 g/mol. The zero-order valence-corrected chi connectivity index (χ0v) is 10.6. The van der Waals surface area contributed by atoms with Crippen LogP contribution in [0, 0.1) is 0 Å². The molecule has 1 aliphatic rings. The molecule has 2 rings (SSSR count). The number of carbonyl (C=O) groups excluding carboxylic acids is 2. The van der Waals surface area contributed by atoms with Gasteiger partial charge in [-0.1, -0.05) is 11.6 Å². The second-order valence-corrected chi connectivity index (χ2v) is 4.52. The fourth-order valence-electron chi connectivity index (χ4n) is 1.83. The van der Waals surface area contributed by atoms with E-state index in [-0.39, 0.29) is 12.8 Å². The molecule has 1 aliphatic heterocycles. The first-order valence-electron chi connectivity index (χ1n) is 5.61. The van der Waals surface area contributed by atoms with Gasteiger partial charge in [-0.2, -0.15) is 0 Å². The first kappa shape index (κ1) is 13.4. The van der Waals surface area contributed by atoms with E-state index < -0.39 is 23.9 Å². The number of rotatable bonds is 4. The number of benzene rings is 1. The molecule has 6 nitrogen and oxygen atoms in total. The third kappa shape index (κ3) is 2.85. The van der Waals surface area contributed by atoms with E-state index in [0.29, 0.717) is 10.7 Å². The van der Waals surface area contributed by atoms with E-state index in [2.05, 4.69) is 5.32 Å². The van der Waals surface area contributed by atoms with Crippen LogP contribution in [0.2, 0.25) is 5.02 Å². The lowest BCUT2D eigenvalue weighted by Crippen LogP contribution is -2.31. The summed E-state index contributed by atoms with van der Waals surface area (Å²) in [6.45, 7) is 0. The molecule has 0 saturated carbocycles. The van der Waals surface area contributed by atoms with Gasteiger partial charge in [0.15, 0.2) is 0 Å². The molecular formula is C12H11ClN2O4. The molecule has 1 aromatic carbocycles. The molecule has 0 aliphatic carbocycles. The number of urea groups is 1. The van der Waals surface area contributed by atoms with Crippen LogP contribution < -0.4 is 10.2 Å². The zero-order chi connectivity index (χ0) is 14.0. The van der Waals surface area contributed by atoms with Gasteiger partial charge in [-0.15, -0.1) is 0 Å². The third-order valence-electron chi connectivity index (χ3n) is 2.75. The molecule has 0 unspecified atom stereocenters. The lowest BCUT2D eigenvalue weighted by Gasteiger charge is -2.12. The van der Waals surface area contributed by atoms with Crippen molar-refractivity contribution in [1.29, 1.82) is 0 Å². The highest BCUT2D eigenvalue weighted by Gasteiger charge is 2.38. The second kappa shape index (κ2) is 5.27. The molecule has 1 aromatic rings. The van der Waals surface area contributed by atoms with Gasteiger partial charge >= 0.3 is 12.0 Å². The Morgan fingerprint density at radius 1 is 1.32 bits per heavy atom. The Balaban J connectivity index is 2.14. The van der Waals surface area contributed by atoms with Crippen molar-refractivity contribution in [3.8, 4) is 0 Å². The first-order chi connectivity index (χ1) is 8.99. The minimum Gasteiger partial charge on any atom is -0.481 e. The summed E-state index contributed by atoms with van der Waals surface area (Å²) < 4.78 is 0. The van der Waals surface area contributed by atoms with Crippen LogP contribution in [0.1, 0.15) is 12.8 Å². The summed E-state index contributed by atoms with van der Waals surface area (Å²) in [6, 6.07) is 4.91. The van der Waals surface area contributed by atoms with Gasteiger partial charge in [0.1, 0.15) is 6.04 Å². The van der Waals surface area contributed by atoms with E-state index in [1.807, 2.05) is 0 Å². The maximum Gasteiger partial charge on any atom is 0.329 e. The molecule has 100 valence electrons. The van der Waals surface area contributed by atoms with Crippen molar-refractivity contribution in [2.75, 3.05) is 4.90 Å². The second-order valence-electron chi connectivity index (χ2n) is 4.08.